The van der Waals surface area contributed by atoms with Crippen molar-refractivity contribution in [2.24, 2.45) is 0 Å². The summed E-state index contributed by atoms with van der Waals surface area (Å²) < 4.78 is 6.20. The van der Waals surface area contributed by atoms with E-state index in [1.807, 2.05) is 31.3 Å². The maximum Gasteiger partial charge on any atom is 0.131 e. The van der Waals surface area contributed by atoms with Crippen molar-refractivity contribution in [1.82, 2.24) is 9.88 Å². The Hall–Kier alpha value is -2.66. The lowest BCUT2D eigenvalue weighted by molar-refractivity contribution is 0.0413. The second-order valence-electron chi connectivity index (χ2n) is 10.7. The van der Waals surface area contributed by atoms with Gasteiger partial charge in [-0.3, -0.25) is 4.98 Å². The van der Waals surface area contributed by atoms with Gasteiger partial charge < -0.3 is 14.7 Å². The zero-order chi connectivity index (χ0) is 26.0. The third-order valence-electron chi connectivity index (χ3n) is 8.48. The third kappa shape index (κ3) is 5.34. The smallest absolute Gasteiger partial charge is 0.131 e. The largest absolute Gasteiger partial charge is 0.487 e. The number of nitrogens with zero attached hydrogens (tertiary/aromatic N) is 2. The highest BCUT2D eigenvalue weighted by molar-refractivity contribution is 6.30. The van der Waals surface area contributed by atoms with E-state index in [1.165, 1.54) is 16.7 Å². The molecule has 3 heterocycles. The summed E-state index contributed by atoms with van der Waals surface area (Å²) in [5, 5.41) is 11.5. The summed E-state index contributed by atoms with van der Waals surface area (Å²) in [7, 11) is 0. The quantitative estimate of drug-likeness (QED) is 0.367. The maximum atomic E-state index is 10.8. The molecule has 5 rings (SSSR count). The van der Waals surface area contributed by atoms with Crippen LogP contribution < -0.4 is 4.74 Å². The first-order valence-electron chi connectivity index (χ1n) is 13.4. The van der Waals surface area contributed by atoms with Gasteiger partial charge in [-0.05, 0) is 106 Å². The van der Waals surface area contributed by atoms with Gasteiger partial charge in [0.15, 0.2) is 0 Å². The standard InChI is InChI=1S/C32H37ClN2O2/c1-22(2)24-8-13-31-29(20-24)27(28-6-4-16-34-30(28)21-37-31)7-5-17-35-18-14-32(15-19-35,23(3)36)25-9-11-26(33)12-10-25/h4,6,8-13,16,20,23,27,36H,1,5,7,14-15,17-19,21H2,2-3H3. The minimum Gasteiger partial charge on any atom is -0.487 e. The first-order valence-corrected chi connectivity index (χ1v) is 13.8. The van der Waals surface area contributed by atoms with E-state index >= 15 is 0 Å². The second-order valence-corrected chi connectivity index (χ2v) is 11.2. The van der Waals surface area contributed by atoms with Gasteiger partial charge >= 0.3 is 0 Å². The number of halogens is 1. The SMILES string of the molecule is C=C(C)c1ccc2c(c1)C(CCCN1CCC(c3ccc(Cl)cc3)(C(C)O)CC1)c1cccnc1CO2. The van der Waals surface area contributed by atoms with E-state index in [1.54, 1.807) is 0 Å². The highest BCUT2D eigenvalue weighted by atomic mass is 35.5. The topological polar surface area (TPSA) is 45.6 Å². The molecule has 0 bridgehead atoms. The van der Waals surface area contributed by atoms with Gasteiger partial charge in [-0.15, -0.1) is 0 Å². The lowest BCUT2D eigenvalue weighted by atomic mass is 9.69. The number of fused-ring (bicyclic) bond motifs is 2. The number of piperidine rings is 1. The number of pyridine rings is 1. The monoisotopic (exact) mass is 516 g/mol. The van der Waals surface area contributed by atoms with E-state index in [9.17, 15) is 5.11 Å². The number of likely N-dealkylation sites (tertiary alicyclic amines) is 1. The summed E-state index contributed by atoms with van der Waals surface area (Å²) in [6.45, 7) is 11.6. The van der Waals surface area contributed by atoms with Crippen LogP contribution in [0.1, 0.15) is 73.4 Å². The summed E-state index contributed by atoms with van der Waals surface area (Å²) >= 11 is 6.13. The number of hydrogen-bond donors (Lipinski definition) is 1. The Morgan fingerprint density at radius 2 is 1.92 bits per heavy atom. The molecule has 0 aliphatic carbocycles. The summed E-state index contributed by atoms with van der Waals surface area (Å²) in [6, 6.07) is 18.7. The Labute approximate surface area is 226 Å². The van der Waals surface area contributed by atoms with Crippen LogP contribution in [0.2, 0.25) is 5.02 Å². The number of rotatable bonds is 7. The van der Waals surface area contributed by atoms with Crippen molar-refractivity contribution in [3.8, 4) is 5.75 Å². The van der Waals surface area contributed by atoms with Crippen LogP contribution in [0, 0.1) is 0 Å². The Bertz CT molecular complexity index is 1250. The molecule has 2 aliphatic rings. The predicted molar refractivity (Wildman–Crippen MR) is 151 cm³/mol. The Balaban J connectivity index is 1.29. The minimum atomic E-state index is -0.398. The molecule has 1 N–H and O–H groups in total. The number of ether oxygens (including phenoxy) is 1. The molecule has 2 unspecified atom stereocenters. The first kappa shape index (κ1) is 26.0. The van der Waals surface area contributed by atoms with Crippen LogP contribution in [-0.2, 0) is 12.0 Å². The van der Waals surface area contributed by atoms with Gasteiger partial charge in [0.25, 0.3) is 0 Å². The number of allylic oxidation sites excluding steroid dienone is 1. The number of aromatic nitrogens is 1. The van der Waals surface area contributed by atoms with Gasteiger partial charge in [-0.1, -0.05) is 48.0 Å². The van der Waals surface area contributed by atoms with E-state index in [2.05, 4.69) is 59.8 Å². The van der Waals surface area contributed by atoms with Gasteiger partial charge in [0, 0.05) is 28.1 Å². The van der Waals surface area contributed by atoms with Crippen molar-refractivity contribution in [1.29, 1.82) is 0 Å². The van der Waals surface area contributed by atoms with Crippen molar-refractivity contribution in [3.63, 3.8) is 0 Å². The fourth-order valence-corrected chi connectivity index (χ4v) is 6.28. The highest BCUT2D eigenvalue weighted by Crippen LogP contribution is 2.42. The molecule has 4 nitrogen and oxygen atoms in total. The predicted octanol–water partition coefficient (Wildman–Crippen LogP) is 6.99. The van der Waals surface area contributed by atoms with Gasteiger partial charge in [0.2, 0.25) is 0 Å². The molecule has 0 saturated carbocycles. The molecule has 2 aromatic carbocycles. The number of benzene rings is 2. The minimum absolute atomic E-state index is 0.206. The third-order valence-corrected chi connectivity index (χ3v) is 8.73. The zero-order valence-corrected chi connectivity index (χ0v) is 22.7. The van der Waals surface area contributed by atoms with Crippen LogP contribution in [0.15, 0.2) is 67.4 Å². The number of hydrogen-bond acceptors (Lipinski definition) is 4. The molecule has 5 heteroatoms. The molecular formula is C32H37ClN2O2. The van der Waals surface area contributed by atoms with E-state index in [0.29, 0.717) is 6.61 Å². The molecule has 3 aromatic rings. The molecule has 1 aromatic heterocycles. The first-order chi connectivity index (χ1) is 17.9. The molecule has 1 fully saturated rings. The van der Waals surface area contributed by atoms with Gasteiger partial charge in [0.05, 0.1) is 11.8 Å². The number of aliphatic hydroxyl groups excluding tert-OH is 1. The lowest BCUT2D eigenvalue weighted by Gasteiger charge is -2.44. The van der Waals surface area contributed by atoms with Crippen LogP contribution in [0.3, 0.4) is 0 Å². The van der Waals surface area contributed by atoms with Crippen LogP contribution in [0.4, 0.5) is 0 Å². The molecule has 2 atom stereocenters. The second kappa shape index (κ2) is 11.0. The van der Waals surface area contributed by atoms with Crippen LogP contribution >= 0.6 is 11.6 Å². The summed E-state index contributed by atoms with van der Waals surface area (Å²) in [4.78, 5) is 7.20. The van der Waals surface area contributed by atoms with Crippen LogP contribution in [-0.4, -0.2) is 40.7 Å². The van der Waals surface area contributed by atoms with Crippen LogP contribution in [0.5, 0.6) is 5.75 Å². The molecule has 0 amide bonds. The van der Waals surface area contributed by atoms with Crippen molar-refractivity contribution in [2.45, 2.75) is 63.6 Å². The Morgan fingerprint density at radius 3 is 2.62 bits per heavy atom. The molecule has 2 aliphatic heterocycles. The Kier molecular flexibility index (Phi) is 7.71. The van der Waals surface area contributed by atoms with Gasteiger partial charge in [-0.25, -0.2) is 0 Å². The van der Waals surface area contributed by atoms with E-state index < -0.39 is 6.10 Å². The van der Waals surface area contributed by atoms with Crippen LogP contribution in [0.25, 0.3) is 5.57 Å². The van der Waals surface area contributed by atoms with Crippen molar-refractivity contribution < 1.29 is 9.84 Å². The molecule has 1 saturated heterocycles. The van der Waals surface area contributed by atoms with Crippen molar-refractivity contribution >= 4 is 17.2 Å². The van der Waals surface area contributed by atoms with E-state index in [0.717, 1.165) is 72.9 Å². The summed E-state index contributed by atoms with van der Waals surface area (Å²) in [6.07, 6.45) is 5.46. The van der Waals surface area contributed by atoms with Crippen molar-refractivity contribution in [2.75, 3.05) is 19.6 Å². The van der Waals surface area contributed by atoms with Gasteiger partial charge in [0.1, 0.15) is 12.4 Å². The van der Waals surface area contributed by atoms with Crippen molar-refractivity contribution in [3.05, 3.63) is 100 Å². The molecular weight excluding hydrogens is 480 g/mol. The Morgan fingerprint density at radius 1 is 1.16 bits per heavy atom. The molecule has 0 radical (unpaired) electrons. The summed E-state index contributed by atoms with van der Waals surface area (Å²) in [5.41, 5.74) is 6.75. The normalized spacial score (nSPS) is 19.7. The maximum absolute atomic E-state index is 10.8. The fourth-order valence-electron chi connectivity index (χ4n) is 6.15. The molecule has 37 heavy (non-hydrogen) atoms. The average molecular weight is 517 g/mol. The molecule has 194 valence electrons. The zero-order valence-electron chi connectivity index (χ0n) is 21.9. The summed E-state index contributed by atoms with van der Waals surface area (Å²) in [5.74, 6) is 1.20. The highest BCUT2D eigenvalue weighted by Gasteiger charge is 2.40. The molecule has 0 spiro atoms. The lowest BCUT2D eigenvalue weighted by Crippen LogP contribution is -2.48. The van der Waals surface area contributed by atoms with Gasteiger partial charge in [-0.2, -0.15) is 0 Å². The fraction of sp³-hybridized carbons (Fsp3) is 0.406. The average Bonchev–Trinajstić information content (AvgIpc) is 3.06. The number of aliphatic hydroxyl groups is 1. The van der Waals surface area contributed by atoms with E-state index in [-0.39, 0.29) is 11.3 Å². The van der Waals surface area contributed by atoms with E-state index in [4.69, 9.17) is 16.3 Å².